The molecule has 0 saturated heterocycles. The monoisotopic (exact) mass is 292 g/mol. The first kappa shape index (κ1) is 12.9. The van der Waals surface area contributed by atoms with E-state index in [0.29, 0.717) is 18.1 Å². The van der Waals surface area contributed by atoms with E-state index in [2.05, 4.69) is 4.98 Å². The molecule has 0 saturated carbocycles. The molecule has 0 spiro atoms. The molecule has 1 aromatic heterocycles. The fourth-order valence-electron chi connectivity index (χ4n) is 2.36. The largest absolute Gasteiger partial charge is 0.478 e. The molecule has 2 aromatic rings. The van der Waals surface area contributed by atoms with Crippen molar-refractivity contribution in [3.63, 3.8) is 0 Å². The smallest absolute Gasteiger partial charge is 0.337 e. The summed E-state index contributed by atoms with van der Waals surface area (Å²) in [5.41, 5.74) is 1.66. The van der Waals surface area contributed by atoms with Gasteiger partial charge < -0.3 is 10.0 Å². The number of rotatable bonds is 2. The van der Waals surface area contributed by atoms with E-state index in [1.54, 1.807) is 11.0 Å². The highest BCUT2D eigenvalue weighted by molar-refractivity contribution is 6.36. The number of nitrogens with zero attached hydrogens (tertiary/aromatic N) is 2. The SMILES string of the molecule is O=C(O)c1ccnc(N2CCc3ccc(F)cc32)c1Cl. The Labute approximate surface area is 119 Å². The Hall–Kier alpha value is -2.14. The first-order valence-electron chi connectivity index (χ1n) is 6.01. The van der Waals surface area contributed by atoms with Gasteiger partial charge in [-0.1, -0.05) is 17.7 Å². The van der Waals surface area contributed by atoms with Gasteiger partial charge in [0.25, 0.3) is 0 Å². The van der Waals surface area contributed by atoms with Gasteiger partial charge in [-0.05, 0) is 30.2 Å². The van der Waals surface area contributed by atoms with E-state index in [0.717, 1.165) is 12.0 Å². The topological polar surface area (TPSA) is 53.4 Å². The van der Waals surface area contributed by atoms with E-state index < -0.39 is 5.97 Å². The van der Waals surface area contributed by atoms with E-state index in [-0.39, 0.29) is 16.4 Å². The maximum absolute atomic E-state index is 13.4. The number of carbonyl (C=O) groups is 1. The predicted molar refractivity (Wildman–Crippen MR) is 73.3 cm³/mol. The third-order valence-electron chi connectivity index (χ3n) is 3.30. The van der Waals surface area contributed by atoms with E-state index in [9.17, 15) is 9.18 Å². The van der Waals surface area contributed by atoms with Gasteiger partial charge in [-0.15, -0.1) is 0 Å². The van der Waals surface area contributed by atoms with Crippen molar-refractivity contribution < 1.29 is 14.3 Å². The molecule has 102 valence electrons. The summed E-state index contributed by atoms with van der Waals surface area (Å²) in [5.74, 6) is -1.12. The van der Waals surface area contributed by atoms with Crippen LogP contribution in [0.3, 0.4) is 0 Å². The van der Waals surface area contributed by atoms with Crippen molar-refractivity contribution in [2.24, 2.45) is 0 Å². The van der Waals surface area contributed by atoms with Crippen molar-refractivity contribution >= 4 is 29.1 Å². The van der Waals surface area contributed by atoms with Crippen molar-refractivity contribution in [1.29, 1.82) is 0 Å². The number of pyridine rings is 1. The number of aromatic carboxylic acids is 1. The molecule has 1 aliphatic rings. The van der Waals surface area contributed by atoms with Crippen LogP contribution in [0, 0.1) is 5.82 Å². The van der Waals surface area contributed by atoms with Crippen LogP contribution in [0.4, 0.5) is 15.9 Å². The highest BCUT2D eigenvalue weighted by Crippen LogP contribution is 2.38. The zero-order valence-corrected chi connectivity index (χ0v) is 11.1. The minimum absolute atomic E-state index is 0.0125. The van der Waals surface area contributed by atoms with E-state index in [1.807, 2.05) is 0 Å². The number of aromatic nitrogens is 1. The molecule has 6 heteroatoms. The zero-order valence-electron chi connectivity index (χ0n) is 10.3. The molecule has 0 unspecified atom stereocenters. The second-order valence-electron chi connectivity index (χ2n) is 4.48. The summed E-state index contributed by atoms with van der Waals surface area (Å²) in [6.07, 6.45) is 2.13. The summed E-state index contributed by atoms with van der Waals surface area (Å²) in [5, 5.41) is 9.15. The molecule has 1 N–H and O–H groups in total. The fourth-order valence-corrected chi connectivity index (χ4v) is 2.65. The molecule has 2 heterocycles. The molecule has 4 nitrogen and oxygen atoms in total. The van der Waals surface area contributed by atoms with Crippen LogP contribution in [0.2, 0.25) is 5.02 Å². The lowest BCUT2D eigenvalue weighted by atomic mass is 10.1. The Morgan fingerprint density at radius 3 is 2.95 bits per heavy atom. The molecular weight excluding hydrogens is 283 g/mol. The third-order valence-corrected chi connectivity index (χ3v) is 3.67. The molecule has 0 aliphatic carbocycles. The van der Waals surface area contributed by atoms with Crippen LogP contribution in [0.5, 0.6) is 0 Å². The fraction of sp³-hybridized carbons (Fsp3) is 0.143. The number of carboxylic acids is 1. The number of halogens is 2. The molecule has 20 heavy (non-hydrogen) atoms. The quantitative estimate of drug-likeness (QED) is 0.923. The van der Waals surface area contributed by atoms with E-state index in [1.165, 1.54) is 24.4 Å². The summed E-state index contributed by atoms with van der Waals surface area (Å²) in [7, 11) is 0. The van der Waals surface area contributed by atoms with Gasteiger partial charge in [0.1, 0.15) is 5.82 Å². The average molecular weight is 293 g/mol. The van der Waals surface area contributed by atoms with E-state index >= 15 is 0 Å². The van der Waals surface area contributed by atoms with Crippen LogP contribution < -0.4 is 4.90 Å². The summed E-state index contributed by atoms with van der Waals surface area (Å²) in [4.78, 5) is 17.0. The Kier molecular flexibility index (Phi) is 3.06. The minimum Gasteiger partial charge on any atom is -0.478 e. The standard InChI is InChI=1S/C14H10ClFN2O2/c15-12-10(14(19)20)3-5-17-13(12)18-6-4-8-1-2-9(16)7-11(8)18/h1-3,5,7H,4,6H2,(H,19,20). The molecular formula is C14H10ClFN2O2. The predicted octanol–water partition coefficient (Wildman–Crippen LogP) is 3.27. The van der Waals surface area contributed by atoms with Crippen LogP contribution in [0.15, 0.2) is 30.5 Å². The Morgan fingerprint density at radius 1 is 1.40 bits per heavy atom. The van der Waals surface area contributed by atoms with Gasteiger partial charge in [-0.3, -0.25) is 0 Å². The van der Waals surface area contributed by atoms with Crippen LogP contribution >= 0.6 is 11.6 Å². The maximum atomic E-state index is 13.4. The highest BCUT2D eigenvalue weighted by atomic mass is 35.5. The minimum atomic E-state index is -1.11. The average Bonchev–Trinajstić information content (AvgIpc) is 2.81. The number of anilines is 2. The second-order valence-corrected chi connectivity index (χ2v) is 4.85. The second kappa shape index (κ2) is 4.76. The first-order valence-corrected chi connectivity index (χ1v) is 6.39. The molecule has 0 atom stereocenters. The Bertz CT molecular complexity index is 706. The maximum Gasteiger partial charge on any atom is 0.337 e. The normalized spacial score (nSPS) is 13.4. The molecule has 1 aliphatic heterocycles. The van der Waals surface area contributed by atoms with Gasteiger partial charge in [0.15, 0.2) is 5.82 Å². The van der Waals surface area contributed by atoms with Gasteiger partial charge in [-0.25, -0.2) is 14.2 Å². The lowest BCUT2D eigenvalue weighted by molar-refractivity contribution is 0.0697. The molecule has 0 bridgehead atoms. The van der Waals surface area contributed by atoms with Gasteiger partial charge in [0, 0.05) is 18.4 Å². The summed E-state index contributed by atoms with van der Waals surface area (Å²) in [6, 6.07) is 5.88. The van der Waals surface area contributed by atoms with Crippen LogP contribution in [-0.2, 0) is 6.42 Å². The summed E-state index contributed by atoms with van der Waals surface area (Å²) in [6.45, 7) is 0.592. The van der Waals surface area contributed by atoms with Crippen molar-refractivity contribution in [3.05, 3.63) is 52.4 Å². The number of fused-ring (bicyclic) bond motifs is 1. The first-order chi connectivity index (χ1) is 9.58. The van der Waals surface area contributed by atoms with Crippen molar-refractivity contribution in [1.82, 2.24) is 4.98 Å². The molecule has 1 aromatic carbocycles. The van der Waals surface area contributed by atoms with Gasteiger partial charge in [0.05, 0.1) is 10.6 Å². The van der Waals surface area contributed by atoms with Crippen LogP contribution in [0.25, 0.3) is 0 Å². The number of carboxylic acid groups (broad SMARTS) is 1. The van der Waals surface area contributed by atoms with Crippen LogP contribution in [-0.4, -0.2) is 22.6 Å². The van der Waals surface area contributed by atoms with Crippen molar-refractivity contribution in [2.45, 2.75) is 6.42 Å². The lowest BCUT2D eigenvalue weighted by Gasteiger charge is -2.20. The van der Waals surface area contributed by atoms with Gasteiger partial charge >= 0.3 is 5.97 Å². The Morgan fingerprint density at radius 2 is 2.20 bits per heavy atom. The number of hydrogen-bond donors (Lipinski definition) is 1. The summed E-state index contributed by atoms with van der Waals surface area (Å²) >= 11 is 6.11. The van der Waals surface area contributed by atoms with E-state index in [4.69, 9.17) is 16.7 Å². The number of hydrogen-bond acceptors (Lipinski definition) is 3. The third kappa shape index (κ3) is 2.00. The molecule has 0 amide bonds. The summed E-state index contributed by atoms with van der Waals surface area (Å²) < 4.78 is 13.4. The van der Waals surface area contributed by atoms with Crippen LogP contribution in [0.1, 0.15) is 15.9 Å². The number of benzene rings is 1. The van der Waals surface area contributed by atoms with Crippen molar-refractivity contribution in [3.8, 4) is 0 Å². The highest BCUT2D eigenvalue weighted by Gasteiger charge is 2.25. The molecule has 3 rings (SSSR count). The molecule has 0 fully saturated rings. The molecule has 0 radical (unpaired) electrons. The zero-order chi connectivity index (χ0) is 14.3. The Balaban J connectivity index is 2.11. The van der Waals surface area contributed by atoms with Gasteiger partial charge in [0.2, 0.25) is 0 Å². The lowest BCUT2D eigenvalue weighted by Crippen LogP contribution is -2.16. The van der Waals surface area contributed by atoms with Gasteiger partial charge in [-0.2, -0.15) is 0 Å². The van der Waals surface area contributed by atoms with Crippen molar-refractivity contribution in [2.75, 3.05) is 11.4 Å².